The van der Waals surface area contributed by atoms with E-state index in [1.807, 2.05) is 0 Å². The van der Waals surface area contributed by atoms with Gasteiger partial charge >= 0.3 is 29.6 Å². The Morgan fingerprint density at radius 3 is 1.79 bits per heavy atom. The van der Waals surface area contributed by atoms with Crippen molar-refractivity contribution in [3.63, 3.8) is 0 Å². The molecule has 4 heteroatoms. The molecule has 0 amide bonds. The molecule has 0 fully saturated rings. The van der Waals surface area contributed by atoms with E-state index in [-0.39, 0.29) is 42.0 Å². The SMILES string of the molecule is CCCCCCCCCCCCC(N)CC(=O)[O-].[Na+]. The Balaban J connectivity index is 0. The maximum absolute atomic E-state index is 10.3. The van der Waals surface area contributed by atoms with Crippen LogP contribution in [0.25, 0.3) is 0 Å². The van der Waals surface area contributed by atoms with Crippen molar-refractivity contribution in [2.45, 2.75) is 90.0 Å². The van der Waals surface area contributed by atoms with E-state index in [0.29, 0.717) is 0 Å². The van der Waals surface area contributed by atoms with Gasteiger partial charge in [-0.25, -0.2) is 0 Å². The molecule has 0 spiro atoms. The number of rotatable bonds is 13. The van der Waals surface area contributed by atoms with E-state index in [4.69, 9.17) is 5.73 Å². The van der Waals surface area contributed by atoms with Gasteiger partial charge in [-0.15, -0.1) is 0 Å². The average molecular weight is 279 g/mol. The van der Waals surface area contributed by atoms with Gasteiger partial charge in [0.15, 0.2) is 0 Å². The molecule has 0 bridgehead atoms. The van der Waals surface area contributed by atoms with Crippen molar-refractivity contribution in [2.24, 2.45) is 5.73 Å². The summed E-state index contributed by atoms with van der Waals surface area (Å²) < 4.78 is 0. The van der Waals surface area contributed by atoms with Crippen LogP contribution in [0.1, 0.15) is 84.0 Å². The number of carboxylic acid groups (broad SMARTS) is 1. The van der Waals surface area contributed by atoms with Gasteiger partial charge < -0.3 is 15.6 Å². The summed E-state index contributed by atoms with van der Waals surface area (Å²) in [6, 6.07) is -0.218. The summed E-state index contributed by atoms with van der Waals surface area (Å²) in [5, 5.41) is 10.3. The first-order chi connectivity index (χ1) is 8.66. The zero-order valence-electron chi connectivity index (χ0n) is 13.0. The van der Waals surface area contributed by atoms with Crippen molar-refractivity contribution in [3.05, 3.63) is 0 Å². The van der Waals surface area contributed by atoms with E-state index >= 15 is 0 Å². The zero-order chi connectivity index (χ0) is 13.6. The molecule has 108 valence electrons. The van der Waals surface area contributed by atoms with E-state index in [2.05, 4.69) is 6.92 Å². The fourth-order valence-electron chi connectivity index (χ4n) is 2.21. The van der Waals surface area contributed by atoms with Crippen LogP contribution in [0, 0.1) is 0 Å². The van der Waals surface area contributed by atoms with Crippen LogP contribution in [0.5, 0.6) is 0 Å². The summed E-state index contributed by atoms with van der Waals surface area (Å²) in [5.74, 6) is -1.03. The topological polar surface area (TPSA) is 66.2 Å². The van der Waals surface area contributed by atoms with Gasteiger partial charge in [0.25, 0.3) is 0 Å². The van der Waals surface area contributed by atoms with Gasteiger partial charge in [-0.3, -0.25) is 0 Å². The molecule has 1 atom stereocenters. The molecule has 0 saturated carbocycles. The molecule has 0 saturated heterocycles. The van der Waals surface area contributed by atoms with Gasteiger partial charge in [0.05, 0.1) is 0 Å². The minimum absolute atomic E-state index is 0. The van der Waals surface area contributed by atoms with Crippen LogP contribution in [-0.4, -0.2) is 12.0 Å². The number of carboxylic acids is 1. The molecular weight excluding hydrogens is 249 g/mol. The number of carbonyl (C=O) groups excluding carboxylic acids is 1. The summed E-state index contributed by atoms with van der Waals surface area (Å²) in [6.45, 7) is 2.24. The second kappa shape index (κ2) is 16.5. The molecule has 0 aromatic carbocycles. The Bertz CT molecular complexity index is 201. The third-order valence-electron chi connectivity index (χ3n) is 3.36. The molecule has 19 heavy (non-hydrogen) atoms. The van der Waals surface area contributed by atoms with E-state index in [1.54, 1.807) is 0 Å². The van der Waals surface area contributed by atoms with Crippen LogP contribution in [0.3, 0.4) is 0 Å². The summed E-state index contributed by atoms with van der Waals surface area (Å²) in [5.41, 5.74) is 5.66. The summed E-state index contributed by atoms with van der Waals surface area (Å²) >= 11 is 0. The second-order valence-electron chi connectivity index (χ2n) is 5.31. The van der Waals surface area contributed by atoms with Crippen LogP contribution >= 0.6 is 0 Å². The number of hydrogen-bond acceptors (Lipinski definition) is 3. The first-order valence-electron chi connectivity index (χ1n) is 7.62. The third-order valence-corrected chi connectivity index (χ3v) is 3.36. The molecular formula is C15H30NNaO2. The molecule has 0 aromatic rings. The van der Waals surface area contributed by atoms with Gasteiger partial charge in [0.1, 0.15) is 0 Å². The predicted octanol–water partition coefficient (Wildman–Crippen LogP) is -0.231. The first-order valence-corrected chi connectivity index (χ1v) is 7.62. The second-order valence-corrected chi connectivity index (χ2v) is 5.31. The fourth-order valence-corrected chi connectivity index (χ4v) is 2.21. The Kier molecular flexibility index (Phi) is 18.8. The van der Waals surface area contributed by atoms with Crippen molar-refractivity contribution < 1.29 is 39.5 Å². The Morgan fingerprint density at radius 2 is 1.37 bits per heavy atom. The quantitative estimate of drug-likeness (QED) is 0.374. The molecule has 3 nitrogen and oxygen atoms in total. The van der Waals surface area contributed by atoms with Gasteiger partial charge in [-0.2, -0.15) is 0 Å². The van der Waals surface area contributed by atoms with Crippen LogP contribution in [-0.2, 0) is 4.79 Å². The standard InChI is InChI=1S/C15H31NO2.Na/c1-2-3-4-5-6-7-8-9-10-11-12-14(16)13-15(17)18;/h14H,2-13,16H2,1H3,(H,17,18);/q;+1/p-1. The normalized spacial score (nSPS) is 11.9. The number of unbranched alkanes of at least 4 members (excludes halogenated alkanes) is 9. The van der Waals surface area contributed by atoms with Gasteiger partial charge in [-0.1, -0.05) is 71.1 Å². The zero-order valence-corrected chi connectivity index (χ0v) is 15.0. The smallest absolute Gasteiger partial charge is 0.550 e. The molecule has 0 aliphatic heterocycles. The Morgan fingerprint density at radius 1 is 0.947 bits per heavy atom. The summed E-state index contributed by atoms with van der Waals surface area (Å²) in [6.07, 6.45) is 13.7. The fraction of sp³-hybridized carbons (Fsp3) is 0.933. The monoisotopic (exact) mass is 279 g/mol. The minimum Gasteiger partial charge on any atom is -0.550 e. The molecule has 0 heterocycles. The molecule has 0 aliphatic rings. The van der Waals surface area contributed by atoms with Crippen molar-refractivity contribution in [1.82, 2.24) is 0 Å². The van der Waals surface area contributed by atoms with Crippen LogP contribution < -0.4 is 40.4 Å². The van der Waals surface area contributed by atoms with E-state index in [1.165, 1.54) is 57.8 Å². The van der Waals surface area contributed by atoms with Crippen molar-refractivity contribution in [3.8, 4) is 0 Å². The molecule has 0 rings (SSSR count). The minimum atomic E-state index is -1.03. The molecule has 0 aromatic heterocycles. The largest absolute Gasteiger partial charge is 1.00 e. The maximum Gasteiger partial charge on any atom is 1.00 e. The molecule has 1 unspecified atom stereocenters. The molecule has 2 N–H and O–H groups in total. The van der Waals surface area contributed by atoms with Crippen molar-refractivity contribution >= 4 is 5.97 Å². The van der Waals surface area contributed by atoms with E-state index in [0.717, 1.165) is 12.8 Å². The summed E-state index contributed by atoms with van der Waals surface area (Å²) in [7, 11) is 0. The van der Waals surface area contributed by atoms with E-state index in [9.17, 15) is 9.90 Å². The number of hydrogen-bond donors (Lipinski definition) is 1. The Hall–Kier alpha value is 0.430. The van der Waals surface area contributed by atoms with Crippen molar-refractivity contribution in [2.75, 3.05) is 0 Å². The molecule has 0 aliphatic carbocycles. The first kappa shape index (κ1) is 21.7. The van der Waals surface area contributed by atoms with Crippen LogP contribution in [0.15, 0.2) is 0 Å². The number of aliphatic carboxylic acids is 1. The number of nitrogens with two attached hydrogens (primary N) is 1. The maximum atomic E-state index is 10.3. The Labute approximate surface area is 141 Å². The molecule has 0 radical (unpaired) electrons. The third kappa shape index (κ3) is 18.4. The number of carbonyl (C=O) groups is 1. The summed E-state index contributed by atoms with van der Waals surface area (Å²) in [4.78, 5) is 10.3. The van der Waals surface area contributed by atoms with Gasteiger partial charge in [0, 0.05) is 18.4 Å². The van der Waals surface area contributed by atoms with Crippen molar-refractivity contribution in [1.29, 1.82) is 0 Å². The van der Waals surface area contributed by atoms with Gasteiger partial charge in [-0.05, 0) is 6.42 Å². The average Bonchev–Trinajstić information content (AvgIpc) is 2.30. The predicted molar refractivity (Wildman–Crippen MR) is 74.1 cm³/mol. The van der Waals surface area contributed by atoms with Crippen LogP contribution in [0.4, 0.5) is 0 Å². The van der Waals surface area contributed by atoms with Crippen LogP contribution in [0.2, 0.25) is 0 Å². The van der Waals surface area contributed by atoms with E-state index < -0.39 is 5.97 Å². The van der Waals surface area contributed by atoms with Gasteiger partial charge in [0.2, 0.25) is 0 Å².